The number of guanidine groups is 1. The van der Waals surface area contributed by atoms with E-state index in [4.69, 9.17) is 4.98 Å². The summed E-state index contributed by atoms with van der Waals surface area (Å²) in [4.78, 5) is 9.05. The van der Waals surface area contributed by atoms with Gasteiger partial charge in [0.15, 0.2) is 5.96 Å². The molecule has 29 heavy (non-hydrogen) atoms. The number of benzene rings is 1. The molecule has 0 unspecified atom stereocenters. The molecule has 0 aliphatic heterocycles. The molecule has 0 saturated carbocycles. The molecule has 0 fully saturated rings. The van der Waals surface area contributed by atoms with Crippen LogP contribution >= 0.6 is 0 Å². The van der Waals surface area contributed by atoms with Gasteiger partial charge < -0.3 is 19.6 Å². The van der Waals surface area contributed by atoms with Gasteiger partial charge in [-0.15, -0.1) is 0 Å². The minimum atomic E-state index is 0.796. The van der Waals surface area contributed by atoms with Crippen LogP contribution in [0.3, 0.4) is 0 Å². The maximum absolute atomic E-state index is 4.72. The van der Waals surface area contributed by atoms with Gasteiger partial charge in [-0.3, -0.25) is 4.99 Å². The number of para-hydroxylation sites is 1. The maximum atomic E-state index is 4.72. The molecule has 0 aliphatic carbocycles. The summed E-state index contributed by atoms with van der Waals surface area (Å²) in [5, 5.41) is 8.08. The Kier molecular flexibility index (Phi) is 5.79. The quantitative estimate of drug-likeness (QED) is 0.290. The first-order chi connectivity index (χ1) is 14.2. The van der Waals surface area contributed by atoms with Gasteiger partial charge in [-0.1, -0.05) is 24.3 Å². The summed E-state index contributed by atoms with van der Waals surface area (Å²) < 4.78 is 4.39. The molecular weight excluding hydrogens is 360 g/mol. The van der Waals surface area contributed by atoms with E-state index in [2.05, 4.69) is 80.3 Å². The lowest BCUT2D eigenvalue weighted by atomic mass is 10.2. The Morgan fingerprint density at radius 2 is 1.90 bits per heavy atom. The van der Waals surface area contributed by atoms with Crippen molar-refractivity contribution in [2.45, 2.75) is 26.3 Å². The smallest absolute Gasteiger partial charge is 0.190 e. The highest BCUT2D eigenvalue weighted by Crippen LogP contribution is 2.15. The fourth-order valence-electron chi connectivity index (χ4n) is 3.65. The van der Waals surface area contributed by atoms with Gasteiger partial charge in [0, 0.05) is 57.2 Å². The van der Waals surface area contributed by atoms with E-state index in [-0.39, 0.29) is 0 Å². The standard InChI is InChI=1S/C23H28N6/c1-18-7-5-14-29-17-20(27-22(18)29)10-13-26-23(24-2)25-12-6-15-28-16-11-19-8-3-4-9-21(19)28/h3-5,7-9,11,14,16-17H,6,10,12-13,15H2,1-2H3,(H2,24,25,26). The van der Waals surface area contributed by atoms with Crippen molar-refractivity contribution in [3.05, 3.63) is 72.3 Å². The minimum Gasteiger partial charge on any atom is -0.356 e. The highest BCUT2D eigenvalue weighted by Gasteiger charge is 2.05. The van der Waals surface area contributed by atoms with Crippen LogP contribution in [-0.4, -0.2) is 40.0 Å². The third-order valence-electron chi connectivity index (χ3n) is 5.17. The molecule has 150 valence electrons. The summed E-state index contributed by atoms with van der Waals surface area (Å²) in [6.07, 6.45) is 8.19. The van der Waals surface area contributed by atoms with Crippen LogP contribution in [0.15, 0.2) is 66.0 Å². The molecule has 3 heterocycles. The number of aromatic nitrogens is 3. The van der Waals surface area contributed by atoms with E-state index in [1.54, 1.807) is 0 Å². The molecular formula is C23H28N6. The van der Waals surface area contributed by atoms with Crippen molar-refractivity contribution in [2.75, 3.05) is 20.1 Å². The van der Waals surface area contributed by atoms with E-state index in [9.17, 15) is 0 Å². The molecule has 6 heteroatoms. The molecule has 1 aromatic carbocycles. The highest BCUT2D eigenvalue weighted by atomic mass is 15.2. The van der Waals surface area contributed by atoms with Crippen molar-refractivity contribution in [1.82, 2.24) is 24.6 Å². The van der Waals surface area contributed by atoms with Gasteiger partial charge in [0.25, 0.3) is 0 Å². The summed E-state index contributed by atoms with van der Waals surface area (Å²) in [5.74, 6) is 0.835. The number of fused-ring (bicyclic) bond motifs is 2. The molecule has 6 nitrogen and oxygen atoms in total. The second kappa shape index (κ2) is 8.82. The van der Waals surface area contributed by atoms with Gasteiger partial charge in [-0.25, -0.2) is 4.98 Å². The number of nitrogens with one attached hydrogen (secondary N) is 2. The second-order valence-electron chi connectivity index (χ2n) is 7.25. The lowest BCUT2D eigenvalue weighted by molar-refractivity contribution is 0.640. The molecule has 0 amide bonds. The first-order valence-corrected chi connectivity index (χ1v) is 10.2. The molecule has 0 atom stereocenters. The van der Waals surface area contributed by atoms with Crippen LogP contribution in [0, 0.1) is 6.92 Å². The molecule has 0 bridgehead atoms. The Hall–Kier alpha value is -3.28. The Bertz CT molecular complexity index is 1120. The maximum Gasteiger partial charge on any atom is 0.190 e. The fraction of sp³-hybridized carbons (Fsp3) is 0.304. The molecule has 0 saturated heterocycles. The monoisotopic (exact) mass is 388 g/mol. The van der Waals surface area contributed by atoms with Crippen LogP contribution in [0.2, 0.25) is 0 Å². The van der Waals surface area contributed by atoms with Crippen molar-refractivity contribution in [3.63, 3.8) is 0 Å². The van der Waals surface area contributed by atoms with Gasteiger partial charge >= 0.3 is 0 Å². The van der Waals surface area contributed by atoms with E-state index in [1.165, 1.54) is 16.5 Å². The van der Waals surface area contributed by atoms with Crippen molar-refractivity contribution in [1.29, 1.82) is 0 Å². The summed E-state index contributed by atoms with van der Waals surface area (Å²) in [5.41, 5.74) is 4.60. The summed E-state index contributed by atoms with van der Waals surface area (Å²) in [7, 11) is 1.81. The fourth-order valence-corrected chi connectivity index (χ4v) is 3.65. The topological polar surface area (TPSA) is 58.7 Å². The predicted octanol–water partition coefficient (Wildman–Crippen LogP) is 3.40. The van der Waals surface area contributed by atoms with Gasteiger partial charge in [-0.05, 0) is 42.5 Å². The lowest BCUT2D eigenvalue weighted by Crippen LogP contribution is -2.39. The number of aryl methyl sites for hydroxylation is 2. The third-order valence-corrected chi connectivity index (χ3v) is 5.17. The van der Waals surface area contributed by atoms with Gasteiger partial charge in [0.05, 0.1) is 5.69 Å². The zero-order chi connectivity index (χ0) is 20.1. The van der Waals surface area contributed by atoms with Crippen LogP contribution in [0.1, 0.15) is 17.7 Å². The average molecular weight is 389 g/mol. The van der Waals surface area contributed by atoms with Crippen molar-refractivity contribution < 1.29 is 0 Å². The normalized spacial score (nSPS) is 12.0. The zero-order valence-corrected chi connectivity index (χ0v) is 17.1. The molecule has 3 aromatic heterocycles. The number of hydrogen-bond donors (Lipinski definition) is 2. The molecule has 4 rings (SSSR count). The zero-order valence-electron chi connectivity index (χ0n) is 17.1. The Balaban J connectivity index is 1.22. The highest BCUT2D eigenvalue weighted by molar-refractivity contribution is 5.80. The molecule has 0 spiro atoms. The summed E-state index contributed by atoms with van der Waals surface area (Å²) in [6.45, 7) is 4.75. The first kappa shape index (κ1) is 19.1. The van der Waals surface area contributed by atoms with Gasteiger partial charge in [0.2, 0.25) is 0 Å². The van der Waals surface area contributed by atoms with E-state index in [0.717, 1.165) is 49.8 Å². The Labute approximate surface area is 171 Å². The number of aliphatic imine (C=N–C) groups is 1. The Morgan fingerprint density at radius 1 is 1.03 bits per heavy atom. The number of rotatable bonds is 7. The second-order valence-corrected chi connectivity index (χ2v) is 7.25. The predicted molar refractivity (Wildman–Crippen MR) is 120 cm³/mol. The Morgan fingerprint density at radius 3 is 2.76 bits per heavy atom. The van der Waals surface area contributed by atoms with Crippen LogP contribution in [-0.2, 0) is 13.0 Å². The first-order valence-electron chi connectivity index (χ1n) is 10.2. The SMILES string of the molecule is CN=C(NCCCn1ccc2ccccc21)NCCc1cn2cccc(C)c2n1. The number of pyridine rings is 1. The van der Waals surface area contributed by atoms with Crippen molar-refractivity contribution in [2.24, 2.45) is 4.99 Å². The minimum absolute atomic E-state index is 0.796. The van der Waals surface area contributed by atoms with Crippen LogP contribution in [0.4, 0.5) is 0 Å². The summed E-state index contributed by atoms with van der Waals surface area (Å²) >= 11 is 0. The van der Waals surface area contributed by atoms with Gasteiger partial charge in [0.1, 0.15) is 5.65 Å². The number of hydrogen-bond acceptors (Lipinski definition) is 2. The molecule has 2 N–H and O–H groups in total. The number of imidazole rings is 1. The van der Waals surface area contributed by atoms with E-state index in [0.29, 0.717) is 0 Å². The number of nitrogens with zero attached hydrogens (tertiary/aromatic N) is 4. The molecule has 4 aromatic rings. The summed E-state index contributed by atoms with van der Waals surface area (Å²) in [6, 6.07) is 14.8. The van der Waals surface area contributed by atoms with E-state index in [1.807, 2.05) is 19.3 Å². The average Bonchev–Trinajstić information content (AvgIpc) is 3.34. The third kappa shape index (κ3) is 4.42. The largest absolute Gasteiger partial charge is 0.356 e. The van der Waals surface area contributed by atoms with E-state index >= 15 is 0 Å². The van der Waals surface area contributed by atoms with Crippen molar-refractivity contribution in [3.8, 4) is 0 Å². The van der Waals surface area contributed by atoms with Crippen LogP contribution < -0.4 is 10.6 Å². The van der Waals surface area contributed by atoms with Crippen LogP contribution in [0.5, 0.6) is 0 Å². The van der Waals surface area contributed by atoms with Gasteiger partial charge in [-0.2, -0.15) is 0 Å². The lowest BCUT2D eigenvalue weighted by Gasteiger charge is -2.12. The van der Waals surface area contributed by atoms with E-state index < -0.39 is 0 Å². The molecule has 0 aliphatic rings. The van der Waals surface area contributed by atoms with Crippen molar-refractivity contribution >= 4 is 22.5 Å². The molecule has 0 radical (unpaired) electrons. The van der Waals surface area contributed by atoms with Crippen LogP contribution in [0.25, 0.3) is 16.6 Å².